The third kappa shape index (κ3) is 5.64. The summed E-state index contributed by atoms with van der Waals surface area (Å²) in [6, 6.07) is 7.35. The van der Waals surface area contributed by atoms with Gasteiger partial charge in [0.05, 0.1) is 11.4 Å². The summed E-state index contributed by atoms with van der Waals surface area (Å²) in [7, 11) is -3.58. The van der Waals surface area contributed by atoms with Gasteiger partial charge in [-0.2, -0.15) is 9.40 Å². The van der Waals surface area contributed by atoms with Gasteiger partial charge in [-0.25, -0.2) is 8.42 Å². The molecular formula is C18H24N4O5S. The van der Waals surface area contributed by atoms with E-state index >= 15 is 0 Å². The number of benzene rings is 1. The Morgan fingerprint density at radius 2 is 1.86 bits per heavy atom. The summed E-state index contributed by atoms with van der Waals surface area (Å²) < 4.78 is 32.8. The second-order valence-corrected chi connectivity index (χ2v) is 7.72. The predicted molar refractivity (Wildman–Crippen MR) is 102 cm³/mol. The molecule has 0 unspecified atom stereocenters. The van der Waals surface area contributed by atoms with Gasteiger partial charge in [-0.3, -0.25) is 14.3 Å². The smallest absolute Gasteiger partial charge is 0.325 e. The minimum absolute atomic E-state index is 0.116. The van der Waals surface area contributed by atoms with Crippen LogP contribution in [0.25, 0.3) is 0 Å². The number of carbonyl (C=O) groups is 2. The van der Waals surface area contributed by atoms with Crippen LogP contribution in [-0.2, 0) is 26.1 Å². The monoisotopic (exact) mass is 408 g/mol. The molecule has 0 aliphatic rings. The number of ether oxygens (including phenoxy) is 1. The van der Waals surface area contributed by atoms with Crippen LogP contribution in [0.2, 0.25) is 0 Å². The van der Waals surface area contributed by atoms with Crippen molar-refractivity contribution in [2.75, 3.05) is 26.2 Å². The molecule has 0 saturated carbocycles. The Morgan fingerprint density at radius 3 is 2.43 bits per heavy atom. The Hall–Kier alpha value is -2.72. The number of hydrogen-bond donors (Lipinski definition) is 1. The van der Waals surface area contributed by atoms with Gasteiger partial charge in [0, 0.05) is 31.0 Å². The molecule has 1 aromatic heterocycles. The number of hydrogen-bond acceptors (Lipinski definition) is 6. The van der Waals surface area contributed by atoms with Crippen molar-refractivity contribution in [1.82, 2.24) is 19.4 Å². The van der Waals surface area contributed by atoms with Crippen molar-refractivity contribution in [3.8, 4) is 0 Å². The lowest BCUT2D eigenvalue weighted by atomic mass is 10.2. The molecule has 2 rings (SSSR count). The van der Waals surface area contributed by atoms with Crippen molar-refractivity contribution in [1.29, 1.82) is 0 Å². The molecule has 9 nitrogen and oxygen atoms in total. The third-order valence-corrected chi connectivity index (χ3v) is 6.06. The first-order chi connectivity index (χ1) is 13.4. The normalized spacial score (nSPS) is 11.4. The summed E-state index contributed by atoms with van der Waals surface area (Å²) in [6.07, 6.45) is 3.38. The van der Waals surface area contributed by atoms with Gasteiger partial charge < -0.3 is 10.1 Å². The van der Waals surface area contributed by atoms with E-state index in [9.17, 15) is 18.0 Å². The number of aromatic nitrogens is 2. The molecule has 0 atom stereocenters. The average Bonchev–Trinajstić information content (AvgIpc) is 3.20. The van der Waals surface area contributed by atoms with Gasteiger partial charge in [-0.05, 0) is 30.3 Å². The van der Waals surface area contributed by atoms with Gasteiger partial charge >= 0.3 is 5.97 Å². The van der Waals surface area contributed by atoms with Crippen LogP contribution >= 0.6 is 0 Å². The number of rotatable bonds is 10. The molecule has 10 heteroatoms. The van der Waals surface area contributed by atoms with Crippen LogP contribution in [-0.4, -0.2) is 60.6 Å². The van der Waals surface area contributed by atoms with E-state index in [2.05, 4.69) is 10.4 Å². The molecule has 1 N–H and O–H groups in total. The molecule has 0 bridgehead atoms. The maximum atomic E-state index is 12.4. The number of carbonyl (C=O) groups excluding carboxylic acids is 2. The van der Waals surface area contributed by atoms with E-state index in [-0.39, 0.29) is 23.6 Å². The summed E-state index contributed by atoms with van der Waals surface area (Å²) >= 11 is 0. The molecule has 0 saturated heterocycles. The summed E-state index contributed by atoms with van der Waals surface area (Å²) in [4.78, 5) is 23.9. The largest absolute Gasteiger partial charge is 0.462 e. The first-order valence-electron chi connectivity index (χ1n) is 8.90. The molecule has 0 radical (unpaired) electrons. The summed E-state index contributed by atoms with van der Waals surface area (Å²) in [5.74, 6) is -1.06. The summed E-state index contributed by atoms with van der Waals surface area (Å²) in [5, 5.41) is 6.43. The van der Waals surface area contributed by atoms with Gasteiger partial charge in [0.25, 0.3) is 5.91 Å². The highest BCUT2D eigenvalue weighted by Crippen LogP contribution is 2.16. The summed E-state index contributed by atoms with van der Waals surface area (Å²) in [5.41, 5.74) is 0.253. The van der Waals surface area contributed by atoms with Gasteiger partial charge in [0.1, 0.15) is 13.2 Å². The van der Waals surface area contributed by atoms with Crippen molar-refractivity contribution in [3.63, 3.8) is 0 Å². The first-order valence-corrected chi connectivity index (χ1v) is 10.3. The fourth-order valence-corrected chi connectivity index (χ4v) is 3.94. The van der Waals surface area contributed by atoms with Crippen molar-refractivity contribution in [2.45, 2.75) is 25.3 Å². The molecule has 28 heavy (non-hydrogen) atoms. The minimum Gasteiger partial charge on any atom is -0.462 e. The predicted octanol–water partition coefficient (Wildman–Crippen LogP) is 0.887. The molecule has 1 heterocycles. The standard InChI is InChI=1S/C18H24N4O5S/c1-3-22(4-2)28(25,26)16-8-6-15(7-9-16)18(24)19-14-17(23)27-13-12-21-11-5-10-20-21/h5-11H,3-4,12-14H2,1-2H3,(H,19,24). The van der Waals surface area contributed by atoms with Crippen molar-refractivity contribution in [2.24, 2.45) is 0 Å². The zero-order valence-corrected chi connectivity index (χ0v) is 16.7. The van der Waals surface area contributed by atoms with E-state index in [1.165, 1.54) is 28.6 Å². The fourth-order valence-electron chi connectivity index (χ4n) is 2.48. The quantitative estimate of drug-likeness (QED) is 0.585. The van der Waals surface area contributed by atoms with E-state index in [0.29, 0.717) is 19.6 Å². The molecule has 0 fully saturated rings. The van der Waals surface area contributed by atoms with E-state index < -0.39 is 21.9 Å². The fraction of sp³-hybridized carbons (Fsp3) is 0.389. The molecule has 1 amide bonds. The lowest BCUT2D eigenvalue weighted by Gasteiger charge is -2.18. The molecule has 152 valence electrons. The highest BCUT2D eigenvalue weighted by atomic mass is 32.2. The maximum Gasteiger partial charge on any atom is 0.325 e. The van der Waals surface area contributed by atoms with Gasteiger partial charge in [0.2, 0.25) is 10.0 Å². The molecule has 0 aliphatic heterocycles. The van der Waals surface area contributed by atoms with Crippen LogP contribution in [0, 0.1) is 0 Å². The van der Waals surface area contributed by atoms with E-state index in [1.54, 1.807) is 37.0 Å². The molecule has 0 aliphatic carbocycles. The molecule has 2 aromatic rings. The second-order valence-electron chi connectivity index (χ2n) is 5.79. The van der Waals surface area contributed by atoms with Crippen LogP contribution in [0.3, 0.4) is 0 Å². The first kappa shape index (κ1) is 21.6. The van der Waals surface area contributed by atoms with E-state index in [1.807, 2.05) is 0 Å². The van der Waals surface area contributed by atoms with Crippen LogP contribution in [0.4, 0.5) is 0 Å². The van der Waals surface area contributed by atoms with Crippen LogP contribution < -0.4 is 5.32 Å². The molecule has 1 aromatic carbocycles. The average molecular weight is 408 g/mol. The molecule has 0 spiro atoms. The minimum atomic E-state index is -3.58. The Kier molecular flexibility index (Phi) is 7.70. The van der Waals surface area contributed by atoms with E-state index in [4.69, 9.17) is 4.74 Å². The van der Waals surface area contributed by atoms with Crippen molar-refractivity contribution >= 4 is 21.9 Å². The number of esters is 1. The Bertz CT molecular complexity index is 875. The van der Waals surface area contributed by atoms with Gasteiger partial charge in [-0.1, -0.05) is 13.8 Å². The number of sulfonamides is 1. The van der Waals surface area contributed by atoms with E-state index in [0.717, 1.165) is 0 Å². The van der Waals surface area contributed by atoms with Crippen LogP contribution in [0.1, 0.15) is 24.2 Å². The second kappa shape index (κ2) is 10.00. The topological polar surface area (TPSA) is 111 Å². The number of nitrogens with one attached hydrogen (secondary N) is 1. The maximum absolute atomic E-state index is 12.4. The zero-order valence-electron chi connectivity index (χ0n) is 15.9. The third-order valence-electron chi connectivity index (χ3n) is 4.00. The zero-order chi connectivity index (χ0) is 20.6. The Balaban J connectivity index is 1.84. The lowest BCUT2D eigenvalue weighted by Crippen LogP contribution is -2.32. The van der Waals surface area contributed by atoms with Gasteiger partial charge in [0.15, 0.2) is 0 Å². The number of nitrogens with zero attached hydrogens (tertiary/aromatic N) is 3. The Morgan fingerprint density at radius 1 is 1.18 bits per heavy atom. The Labute approximate surface area is 164 Å². The van der Waals surface area contributed by atoms with Crippen molar-refractivity contribution in [3.05, 3.63) is 48.3 Å². The molecular weight excluding hydrogens is 384 g/mol. The van der Waals surface area contributed by atoms with Gasteiger partial charge in [-0.15, -0.1) is 0 Å². The van der Waals surface area contributed by atoms with Crippen LogP contribution in [0.15, 0.2) is 47.6 Å². The summed E-state index contributed by atoms with van der Waals surface area (Å²) in [6.45, 7) is 4.54. The highest BCUT2D eigenvalue weighted by Gasteiger charge is 2.21. The van der Waals surface area contributed by atoms with Crippen molar-refractivity contribution < 1.29 is 22.7 Å². The number of amides is 1. The van der Waals surface area contributed by atoms with Crippen LogP contribution in [0.5, 0.6) is 0 Å². The lowest BCUT2D eigenvalue weighted by molar-refractivity contribution is -0.142. The highest BCUT2D eigenvalue weighted by molar-refractivity contribution is 7.89. The SMILES string of the molecule is CCN(CC)S(=O)(=O)c1ccc(C(=O)NCC(=O)OCCn2cccn2)cc1.